The Hall–Kier alpha value is -4.15. The van der Waals surface area contributed by atoms with Crippen molar-refractivity contribution >= 4 is 18.1 Å². The van der Waals surface area contributed by atoms with E-state index in [1.54, 1.807) is 31.2 Å². The molecule has 11 heteroatoms. The summed E-state index contributed by atoms with van der Waals surface area (Å²) in [5.74, 6) is -0.540. The van der Waals surface area contributed by atoms with Crippen LogP contribution in [0.25, 0.3) is 5.95 Å². The lowest BCUT2D eigenvalue weighted by atomic mass is 10.2. The number of benzene rings is 1. The van der Waals surface area contributed by atoms with Gasteiger partial charge in [-0.2, -0.15) is 14.9 Å². The molecule has 1 aromatic carbocycles. The molecule has 0 spiro atoms. The zero-order valence-electron chi connectivity index (χ0n) is 15.8. The third-order valence-corrected chi connectivity index (χ3v) is 3.63. The zero-order valence-corrected chi connectivity index (χ0v) is 15.8. The number of carbonyl (C=O) groups excluding carboxylic acids is 2. The second kappa shape index (κ2) is 8.25. The number of amides is 1. The highest BCUT2D eigenvalue weighted by atomic mass is 16.5. The molecule has 11 nitrogen and oxygen atoms in total. The molecule has 2 heterocycles. The normalized spacial score (nSPS) is 10.9. The first kappa shape index (κ1) is 19.6. The molecular weight excluding hydrogens is 378 g/mol. The van der Waals surface area contributed by atoms with Crippen LogP contribution in [-0.2, 0) is 4.79 Å². The SMILES string of the molecule is CC(=O)Oc1ccc(/C=N\NC(=O)c2cc(C)nn2-c2nnc(C)c(=O)[nH]2)cc1. The molecule has 148 valence electrons. The number of hydrogen-bond donors (Lipinski definition) is 2. The minimum absolute atomic E-state index is 0.0175. The summed E-state index contributed by atoms with van der Waals surface area (Å²) in [4.78, 5) is 37.7. The van der Waals surface area contributed by atoms with Crippen LogP contribution < -0.4 is 15.7 Å². The Balaban J connectivity index is 1.74. The van der Waals surface area contributed by atoms with Crippen LogP contribution in [0.3, 0.4) is 0 Å². The Bertz CT molecular complexity index is 1150. The smallest absolute Gasteiger partial charge is 0.308 e. The standard InChI is InChI=1S/C18H17N7O4/c1-10-8-15(25(24-10)18-20-16(27)11(2)21-23-18)17(28)22-19-9-13-4-6-14(7-5-13)29-12(3)26/h4-9H,1-3H3,(H,22,28)(H,20,23,27)/b19-9-. The molecule has 0 saturated heterocycles. The third kappa shape index (κ3) is 4.77. The molecule has 3 aromatic rings. The maximum Gasteiger partial charge on any atom is 0.308 e. The van der Waals surface area contributed by atoms with Crippen molar-refractivity contribution in [2.75, 3.05) is 0 Å². The van der Waals surface area contributed by atoms with Gasteiger partial charge in [0.15, 0.2) is 0 Å². The lowest BCUT2D eigenvalue weighted by Crippen LogP contribution is -2.24. The number of aryl methyl sites for hydroxylation is 2. The summed E-state index contributed by atoms with van der Waals surface area (Å²) >= 11 is 0. The molecule has 2 N–H and O–H groups in total. The van der Waals surface area contributed by atoms with Gasteiger partial charge in [0.25, 0.3) is 17.4 Å². The minimum Gasteiger partial charge on any atom is -0.427 e. The number of aromatic nitrogens is 5. The molecular formula is C18H17N7O4. The topological polar surface area (TPSA) is 144 Å². The minimum atomic E-state index is -0.554. The fourth-order valence-electron chi connectivity index (χ4n) is 2.31. The van der Waals surface area contributed by atoms with Crippen molar-refractivity contribution in [3.05, 3.63) is 63.3 Å². The van der Waals surface area contributed by atoms with E-state index in [1.807, 2.05) is 0 Å². The van der Waals surface area contributed by atoms with Crippen LogP contribution in [0.4, 0.5) is 0 Å². The van der Waals surface area contributed by atoms with Crippen molar-refractivity contribution in [1.29, 1.82) is 0 Å². The predicted molar refractivity (Wildman–Crippen MR) is 102 cm³/mol. The van der Waals surface area contributed by atoms with Crippen LogP contribution in [0.15, 0.2) is 40.2 Å². The highest BCUT2D eigenvalue weighted by Gasteiger charge is 2.17. The Morgan fingerprint density at radius 2 is 1.93 bits per heavy atom. The second-order valence-corrected chi connectivity index (χ2v) is 6.01. The van der Waals surface area contributed by atoms with E-state index in [4.69, 9.17) is 4.74 Å². The summed E-state index contributed by atoms with van der Waals surface area (Å²) in [7, 11) is 0. The zero-order chi connectivity index (χ0) is 21.0. The largest absolute Gasteiger partial charge is 0.427 e. The molecule has 3 rings (SSSR count). The molecule has 0 fully saturated rings. The van der Waals surface area contributed by atoms with E-state index in [-0.39, 0.29) is 17.3 Å². The number of hydrogen-bond acceptors (Lipinski definition) is 8. The number of rotatable bonds is 5. The number of nitrogens with one attached hydrogen (secondary N) is 2. The number of H-pyrrole nitrogens is 1. The van der Waals surface area contributed by atoms with Gasteiger partial charge in [-0.1, -0.05) is 0 Å². The summed E-state index contributed by atoms with van der Waals surface area (Å²) in [5.41, 5.74) is 3.51. The number of hydrazone groups is 1. The van der Waals surface area contributed by atoms with Crippen molar-refractivity contribution in [1.82, 2.24) is 30.4 Å². The molecule has 0 radical (unpaired) electrons. The molecule has 0 aliphatic carbocycles. The Morgan fingerprint density at radius 1 is 1.21 bits per heavy atom. The number of ether oxygens (including phenoxy) is 1. The van der Waals surface area contributed by atoms with Gasteiger partial charge in [0.2, 0.25) is 0 Å². The van der Waals surface area contributed by atoms with Crippen molar-refractivity contribution in [3.8, 4) is 11.7 Å². The summed E-state index contributed by atoms with van der Waals surface area (Å²) in [5, 5.41) is 15.7. The number of esters is 1. The first-order valence-electron chi connectivity index (χ1n) is 8.46. The predicted octanol–water partition coefficient (Wildman–Crippen LogP) is 0.657. The van der Waals surface area contributed by atoms with Gasteiger partial charge in [-0.05, 0) is 49.7 Å². The van der Waals surface area contributed by atoms with Gasteiger partial charge < -0.3 is 4.74 Å². The first-order chi connectivity index (χ1) is 13.8. The maximum atomic E-state index is 12.5. The van der Waals surface area contributed by atoms with Gasteiger partial charge in [0.1, 0.15) is 17.1 Å². The fourth-order valence-corrected chi connectivity index (χ4v) is 2.31. The van der Waals surface area contributed by atoms with E-state index >= 15 is 0 Å². The third-order valence-electron chi connectivity index (χ3n) is 3.63. The van der Waals surface area contributed by atoms with Crippen LogP contribution in [0.2, 0.25) is 0 Å². The van der Waals surface area contributed by atoms with E-state index in [0.717, 1.165) is 0 Å². The van der Waals surface area contributed by atoms with E-state index in [0.29, 0.717) is 17.0 Å². The van der Waals surface area contributed by atoms with Crippen LogP contribution >= 0.6 is 0 Å². The molecule has 1 amide bonds. The van der Waals surface area contributed by atoms with Crippen molar-refractivity contribution < 1.29 is 14.3 Å². The summed E-state index contributed by atoms with van der Waals surface area (Å²) in [6.45, 7) is 4.53. The van der Waals surface area contributed by atoms with Gasteiger partial charge in [0, 0.05) is 6.92 Å². The summed E-state index contributed by atoms with van der Waals surface area (Å²) in [6.07, 6.45) is 1.43. The van der Waals surface area contributed by atoms with E-state index in [9.17, 15) is 14.4 Å². The van der Waals surface area contributed by atoms with Gasteiger partial charge in [-0.25, -0.2) is 5.43 Å². The monoisotopic (exact) mass is 395 g/mol. The maximum absolute atomic E-state index is 12.5. The highest BCUT2D eigenvalue weighted by molar-refractivity contribution is 5.94. The molecule has 0 aliphatic heterocycles. The lowest BCUT2D eigenvalue weighted by molar-refractivity contribution is -0.131. The van der Waals surface area contributed by atoms with Crippen molar-refractivity contribution in [2.45, 2.75) is 20.8 Å². The highest BCUT2D eigenvalue weighted by Crippen LogP contribution is 2.11. The lowest BCUT2D eigenvalue weighted by Gasteiger charge is -2.04. The molecule has 0 atom stereocenters. The molecule has 0 bridgehead atoms. The van der Waals surface area contributed by atoms with Gasteiger partial charge in [-0.15, -0.1) is 10.2 Å². The van der Waals surface area contributed by atoms with Crippen molar-refractivity contribution in [3.63, 3.8) is 0 Å². The van der Waals surface area contributed by atoms with Gasteiger partial charge in [0.05, 0.1) is 11.9 Å². The molecule has 2 aromatic heterocycles. The molecule has 29 heavy (non-hydrogen) atoms. The average Bonchev–Trinajstić information content (AvgIpc) is 3.07. The van der Waals surface area contributed by atoms with Crippen LogP contribution in [0.5, 0.6) is 5.75 Å². The first-order valence-corrected chi connectivity index (χ1v) is 8.46. The van der Waals surface area contributed by atoms with Crippen LogP contribution in [0.1, 0.15) is 34.4 Å². The number of nitrogens with zero attached hydrogens (tertiary/aromatic N) is 5. The Kier molecular flexibility index (Phi) is 5.58. The summed E-state index contributed by atoms with van der Waals surface area (Å²) in [6, 6.07) is 8.09. The fraction of sp³-hybridized carbons (Fsp3) is 0.167. The van der Waals surface area contributed by atoms with E-state index in [1.165, 1.54) is 30.8 Å². The van der Waals surface area contributed by atoms with E-state index in [2.05, 4.69) is 30.8 Å². The molecule has 0 unspecified atom stereocenters. The summed E-state index contributed by atoms with van der Waals surface area (Å²) < 4.78 is 6.13. The number of aromatic amines is 1. The quantitative estimate of drug-likeness (QED) is 0.279. The van der Waals surface area contributed by atoms with Crippen LogP contribution in [0, 0.1) is 13.8 Å². The number of carbonyl (C=O) groups is 2. The van der Waals surface area contributed by atoms with Gasteiger partial charge >= 0.3 is 5.97 Å². The second-order valence-electron chi connectivity index (χ2n) is 6.01. The molecule has 0 saturated carbocycles. The van der Waals surface area contributed by atoms with E-state index < -0.39 is 17.4 Å². The average molecular weight is 395 g/mol. The Morgan fingerprint density at radius 3 is 2.59 bits per heavy atom. The Labute approximate surface area is 164 Å². The van der Waals surface area contributed by atoms with Crippen molar-refractivity contribution in [2.24, 2.45) is 5.10 Å². The van der Waals surface area contributed by atoms with Crippen LogP contribution in [-0.4, -0.2) is 43.1 Å². The van der Waals surface area contributed by atoms with Gasteiger partial charge in [-0.3, -0.25) is 19.4 Å². The molecule has 0 aliphatic rings.